The zero-order valence-electron chi connectivity index (χ0n) is 11.9. The van der Waals surface area contributed by atoms with Gasteiger partial charge >= 0.3 is 5.97 Å². The predicted octanol–water partition coefficient (Wildman–Crippen LogP) is 4.16. The zero-order valence-corrected chi connectivity index (χ0v) is 11.9. The molecular formula is C16H24O2. The van der Waals surface area contributed by atoms with Crippen molar-refractivity contribution in [1.82, 2.24) is 0 Å². The summed E-state index contributed by atoms with van der Waals surface area (Å²) in [5, 5.41) is 0. The first-order valence-electron chi connectivity index (χ1n) is 6.68. The van der Waals surface area contributed by atoms with Crippen LogP contribution >= 0.6 is 0 Å². The van der Waals surface area contributed by atoms with Crippen LogP contribution in [-0.2, 0) is 9.53 Å². The maximum atomic E-state index is 12.2. The van der Waals surface area contributed by atoms with E-state index in [-0.39, 0.29) is 17.3 Å². The molecular weight excluding hydrogens is 224 g/mol. The fourth-order valence-electron chi connectivity index (χ4n) is 2.04. The summed E-state index contributed by atoms with van der Waals surface area (Å²) in [6, 6.07) is 9.89. The highest BCUT2D eigenvalue weighted by Crippen LogP contribution is 2.35. The van der Waals surface area contributed by atoms with Crippen molar-refractivity contribution in [1.29, 1.82) is 0 Å². The van der Waals surface area contributed by atoms with E-state index in [9.17, 15) is 4.79 Å². The largest absolute Gasteiger partial charge is 0.465 e. The van der Waals surface area contributed by atoms with E-state index in [1.54, 1.807) is 0 Å². The molecule has 100 valence electrons. The number of carbonyl (C=O) groups is 1. The fraction of sp³-hybridized carbons (Fsp3) is 0.562. The van der Waals surface area contributed by atoms with Crippen molar-refractivity contribution >= 4 is 5.97 Å². The molecule has 0 radical (unpaired) electrons. The average Bonchev–Trinajstić information content (AvgIpc) is 2.29. The summed E-state index contributed by atoms with van der Waals surface area (Å²) in [7, 11) is 0. The number of ether oxygens (including phenoxy) is 1. The van der Waals surface area contributed by atoms with Crippen molar-refractivity contribution in [3.8, 4) is 0 Å². The van der Waals surface area contributed by atoms with Gasteiger partial charge in [-0.05, 0) is 17.4 Å². The molecule has 1 aromatic rings. The van der Waals surface area contributed by atoms with Crippen LogP contribution in [-0.4, -0.2) is 12.6 Å². The zero-order chi connectivity index (χ0) is 13.6. The molecule has 18 heavy (non-hydrogen) atoms. The quantitative estimate of drug-likeness (QED) is 0.577. The van der Waals surface area contributed by atoms with Crippen molar-refractivity contribution < 1.29 is 9.53 Å². The second kappa shape index (κ2) is 6.58. The van der Waals surface area contributed by atoms with Gasteiger partial charge in [-0.2, -0.15) is 0 Å². The van der Waals surface area contributed by atoms with Crippen molar-refractivity contribution in [2.45, 2.75) is 46.5 Å². The van der Waals surface area contributed by atoms with Crippen molar-refractivity contribution in [3.63, 3.8) is 0 Å². The van der Waals surface area contributed by atoms with Gasteiger partial charge in [-0.25, -0.2) is 0 Å². The van der Waals surface area contributed by atoms with Gasteiger partial charge in [0.25, 0.3) is 0 Å². The Hall–Kier alpha value is -1.31. The normalized spacial score (nSPS) is 13.1. The topological polar surface area (TPSA) is 26.3 Å². The van der Waals surface area contributed by atoms with Crippen molar-refractivity contribution in [2.24, 2.45) is 5.41 Å². The van der Waals surface area contributed by atoms with Crippen molar-refractivity contribution in [3.05, 3.63) is 35.9 Å². The van der Waals surface area contributed by atoms with E-state index in [0.29, 0.717) is 6.61 Å². The lowest BCUT2D eigenvalue weighted by Crippen LogP contribution is -2.28. The Kier molecular flexibility index (Phi) is 5.39. The first-order valence-corrected chi connectivity index (χ1v) is 6.68. The molecule has 1 rings (SSSR count). The van der Waals surface area contributed by atoms with E-state index < -0.39 is 0 Å². The molecule has 0 bridgehead atoms. The summed E-state index contributed by atoms with van der Waals surface area (Å²) >= 11 is 0. The smallest absolute Gasteiger partial charge is 0.313 e. The summed E-state index contributed by atoms with van der Waals surface area (Å²) in [5.74, 6) is -0.308. The third kappa shape index (κ3) is 4.17. The van der Waals surface area contributed by atoms with Crippen LogP contribution in [0.3, 0.4) is 0 Å². The molecule has 1 aromatic carbocycles. The Morgan fingerprint density at radius 2 is 1.83 bits per heavy atom. The second-order valence-electron chi connectivity index (χ2n) is 5.73. The summed E-state index contributed by atoms with van der Waals surface area (Å²) in [6.07, 6.45) is 1.97. The Morgan fingerprint density at radius 1 is 1.22 bits per heavy atom. The SMILES string of the molecule is CCCCOC(=O)[C@H](c1ccccc1)C(C)(C)C. The van der Waals surface area contributed by atoms with Gasteiger partial charge in [-0.15, -0.1) is 0 Å². The fourth-order valence-corrected chi connectivity index (χ4v) is 2.04. The number of hydrogen-bond donors (Lipinski definition) is 0. The monoisotopic (exact) mass is 248 g/mol. The highest BCUT2D eigenvalue weighted by molar-refractivity contribution is 5.79. The van der Waals surface area contributed by atoms with Gasteiger partial charge in [-0.1, -0.05) is 64.4 Å². The Labute approximate surface area is 110 Å². The lowest BCUT2D eigenvalue weighted by Gasteiger charge is -2.29. The van der Waals surface area contributed by atoms with E-state index in [1.807, 2.05) is 30.3 Å². The van der Waals surface area contributed by atoms with Gasteiger partial charge in [0.2, 0.25) is 0 Å². The van der Waals surface area contributed by atoms with E-state index in [0.717, 1.165) is 18.4 Å². The first kappa shape index (κ1) is 14.7. The number of esters is 1. The minimum Gasteiger partial charge on any atom is -0.465 e. The van der Waals surface area contributed by atoms with Gasteiger partial charge in [0.15, 0.2) is 0 Å². The highest BCUT2D eigenvalue weighted by atomic mass is 16.5. The minimum absolute atomic E-state index is 0.109. The molecule has 0 amide bonds. The predicted molar refractivity (Wildman–Crippen MR) is 74.5 cm³/mol. The molecule has 0 saturated carbocycles. The molecule has 0 saturated heterocycles. The molecule has 0 aliphatic heterocycles. The molecule has 0 aliphatic carbocycles. The van der Waals surface area contributed by atoms with Crippen molar-refractivity contribution in [2.75, 3.05) is 6.61 Å². The third-order valence-electron chi connectivity index (χ3n) is 2.98. The first-order chi connectivity index (χ1) is 8.46. The van der Waals surface area contributed by atoms with Crippen LogP contribution < -0.4 is 0 Å². The molecule has 0 heterocycles. The van der Waals surface area contributed by atoms with Crippen LogP contribution in [0, 0.1) is 5.41 Å². The Bertz CT molecular complexity index is 362. The molecule has 0 unspecified atom stereocenters. The van der Waals surface area contributed by atoms with Crippen LogP contribution in [0.4, 0.5) is 0 Å². The van der Waals surface area contributed by atoms with Crippen LogP contribution in [0.1, 0.15) is 52.0 Å². The third-order valence-corrected chi connectivity index (χ3v) is 2.98. The van der Waals surface area contributed by atoms with Gasteiger partial charge in [-0.3, -0.25) is 4.79 Å². The maximum Gasteiger partial charge on any atom is 0.313 e. The van der Waals surface area contributed by atoms with Crippen LogP contribution in [0.5, 0.6) is 0 Å². The molecule has 0 N–H and O–H groups in total. The number of rotatable bonds is 5. The highest BCUT2D eigenvalue weighted by Gasteiger charge is 2.33. The van der Waals surface area contributed by atoms with Gasteiger partial charge in [0.05, 0.1) is 12.5 Å². The Morgan fingerprint density at radius 3 is 2.33 bits per heavy atom. The van der Waals surface area contributed by atoms with Gasteiger partial charge in [0.1, 0.15) is 0 Å². The van der Waals surface area contributed by atoms with E-state index >= 15 is 0 Å². The summed E-state index contributed by atoms with van der Waals surface area (Å²) in [5.41, 5.74) is 0.900. The number of hydrogen-bond acceptors (Lipinski definition) is 2. The molecule has 0 spiro atoms. The molecule has 0 aliphatic rings. The lowest BCUT2D eigenvalue weighted by atomic mass is 9.76. The summed E-state index contributed by atoms with van der Waals surface area (Å²) < 4.78 is 5.39. The summed E-state index contributed by atoms with van der Waals surface area (Å²) in [4.78, 5) is 12.2. The van der Waals surface area contributed by atoms with Gasteiger partial charge < -0.3 is 4.74 Å². The van der Waals surface area contributed by atoms with Crippen LogP contribution in [0.15, 0.2) is 30.3 Å². The molecule has 0 fully saturated rings. The maximum absolute atomic E-state index is 12.2. The number of carbonyl (C=O) groups excluding carboxylic acids is 1. The number of benzene rings is 1. The Balaban J connectivity index is 2.83. The van der Waals surface area contributed by atoms with E-state index in [4.69, 9.17) is 4.74 Å². The molecule has 2 heteroatoms. The van der Waals surface area contributed by atoms with Gasteiger partial charge in [0, 0.05) is 0 Å². The van der Waals surface area contributed by atoms with E-state index in [2.05, 4.69) is 27.7 Å². The number of unbranched alkanes of at least 4 members (excludes halogenated alkanes) is 1. The summed E-state index contributed by atoms with van der Waals surface area (Å²) in [6.45, 7) is 8.84. The lowest BCUT2D eigenvalue weighted by molar-refractivity contribution is -0.148. The van der Waals surface area contributed by atoms with Crippen LogP contribution in [0.2, 0.25) is 0 Å². The minimum atomic E-state index is -0.199. The molecule has 1 atom stereocenters. The standard InChI is InChI=1S/C16H24O2/c1-5-6-12-18-15(17)14(16(2,3)4)13-10-8-7-9-11-13/h7-11,14H,5-6,12H2,1-4H3/t14-/m0/s1. The molecule has 2 nitrogen and oxygen atoms in total. The second-order valence-corrected chi connectivity index (χ2v) is 5.73. The average molecular weight is 248 g/mol. The van der Waals surface area contributed by atoms with E-state index in [1.165, 1.54) is 0 Å². The van der Waals surface area contributed by atoms with Crippen LogP contribution in [0.25, 0.3) is 0 Å². The molecule has 0 aromatic heterocycles.